The number of nitrogens with one attached hydrogen (secondary N) is 1. The van der Waals surface area contributed by atoms with Crippen molar-refractivity contribution in [2.24, 2.45) is 5.14 Å². The molecule has 0 aromatic carbocycles. The van der Waals surface area contributed by atoms with Gasteiger partial charge in [-0.05, 0) is 0 Å². The molecule has 1 saturated heterocycles. The fraction of sp³-hybridized carbons (Fsp3) is 0.778. The molecule has 1 atom stereocenters. The predicted octanol–water partition coefficient (Wildman–Crippen LogP) is -1.12. The number of sulfonamides is 1. The Hall–Kier alpha value is -1.00. The van der Waals surface area contributed by atoms with Gasteiger partial charge in [0.15, 0.2) is 0 Å². The van der Waals surface area contributed by atoms with Crippen LogP contribution >= 0.6 is 11.8 Å². The molecule has 0 radical (unpaired) electrons. The van der Waals surface area contributed by atoms with Crippen LogP contribution in [0.4, 0.5) is 4.79 Å². The second-order valence-corrected chi connectivity index (χ2v) is 7.00. The molecule has 1 heterocycles. The Morgan fingerprint density at radius 1 is 1.47 bits per heavy atom. The third-order valence-corrected chi connectivity index (χ3v) is 4.43. The van der Waals surface area contributed by atoms with Gasteiger partial charge in [0.05, 0.1) is 18.2 Å². The van der Waals surface area contributed by atoms with E-state index in [4.69, 9.17) is 10.2 Å². The molecule has 1 aliphatic rings. The first-order valence-corrected chi connectivity index (χ1v) is 8.51. The highest BCUT2D eigenvalue weighted by atomic mass is 32.2. The van der Waals surface area contributed by atoms with Gasteiger partial charge in [-0.3, -0.25) is 4.79 Å². The van der Waals surface area contributed by atoms with Gasteiger partial charge in [0.1, 0.15) is 0 Å². The summed E-state index contributed by atoms with van der Waals surface area (Å²) in [4.78, 5) is 24.0. The largest absolute Gasteiger partial charge is 0.481 e. The molecule has 4 N–H and O–H groups in total. The zero-order valence-electron chi connectivity index (χ0n) is 10.2. The molecule has 0 aliphatic carbocycles. The Kier molecular flexibility index (Phi) is 5.88. The maximum atomic E-state index is 11.9. The first-order chi connectivity index (χ1) is 8.79. The van der Waals surface area contributed by atoms with Crippen molar-refractivity contribution in [3.05, 3.63) is 0 Å². The van der Waals surface area contributed by atoms with Crippen molar-refractivity contribution in [2.75, 3.05) is 30.3 Å². The third kappa shape index (κ3) is 6.12. The van der Waals surface area contributed by atoms with E-state index in [1.807, 2.05) is 0 Å². The Morgan fingerprint density at radius 3 is 2.74 bits per heavy atom. The fourth-order valence-corrected chi connectivity index (χ4v) is 3.14. The molecule has 0 bridgehead atoms. The van der Waals surface area contributed by atoms with Crippen molar-refractivity contribution < 1.29 is 23.1 Å². The summed E-state index contributed by atoms with van der Waals surface area (Å²) in [7, 11) is -3.61. The van der Waals surface area contributed by atoms with E-state index < -0.39 is 22.0 Å². The van der Waals surface area contributed by atoms with Crippen LogP contribution in [0.3, 0.4) is 0 Å². The third-order valence-electron chi connectivity index (χ3n) is 2.56. The minimum Gasteiger partial charge on any atom is -0.481 e. The van der Waals surface area contributed by atoms with E-state index in [-0.39, 0.29) is 24.8 Å². The number of primary sulfonamides is 1. The van der Waals surface area contributed by atoms with Gasteiger partial charge in [-0.2, -0.15) is 11.8 Å². The maximum Gasteiger partial charge on any atom is 0.317 e. The van der Waals surface area contributed by atoms with E-state index in [1.165, 1.54) is 4.90 Å². The average Bonchev–Trinajstić information content (AvgIpc) is 2.27. The van der Waals surface area contributed by atoms with Crippen LogP contribution in [0.2, 0.25) is 0 Å². The van der Waals surface area contributed by atoms with Crippen molar-refractivity contribution in [1.29, 1.82) is 0 Å². The first-order valence-electron chi connectivity index (χ1n) is 5.64. The van der Waals surface area contributed by atoms with Crippen LogP contribution in [0.1, 0.15) is 6.42 Å². The normalized spacial score (nSPS) is 20.1. The highest BCUT2D eigenvalue weighted by Gasteiger charge is 2.28. The van der Waals surface area contributed by atoms with Crippen LogP contribution in [0.15, 0.2) is 0 Å². The van der Waals surface area contributed by atoms with Gasteiger partial charge in [-0.15, -0.1) is 0 Å². The van der Waals surface area contributed by atoms with E-state index in [2.05, 4.69) is 5.32 Å². The molecule has 8 nitrogen and oxygen atoms in total. The predicted molar refractivity (Wildman–Crippen MR) is 71.4 cm³/mol. The molecule has 1 rings (SSSR count). The molecule has 110 valence electrons. The Balaban J connectivity index is 2.50. The summed E-state index contributed by atoms with van der Waals surface area (Å²) in [6, 6.07) is -0.819. The number of carbonyl (C=O) groups is 2. The molecule has 0 spiro atoms. The molecule has 19 heavy (non-hydrogen) atoms. The van der Waals surface area contributed by atoms with Gasteiger partial charge >= 0.3 is 12.0 Å². The SMILES string of the molecule is NS(=O)(=O)CCNC(=O)N1CCSCC1CC(=O)O. The first kappa shape index (κ1) is 16.1. The molecule has 1 aliphatic heterocycles. The Bertz CT molecular complexity index is 439. The second-order valence-electron chi connectivity index (χ2n) is 4.12. The van der Waals surface area contributed by atoms with Crippen LogP contribution in [0.5, 0.6) is 0 Å². The van der Waals surface area contributed by atoms with Gasteiger partial charge < -0.3 is 15.3 Å². The zero-order valence-corrected chi connectivity index (χ0v) is 11.9. The van der Waals surface area contributed by atoms with Gasteiger partial charge in [-0.25, -0.2) is 18.4 Å². The Morgan fingerprint density at radius 2 is 2.16 bits per heavy atom. The van der Waals surface area contributed by atoms with Crippen LogP contribution in [-0.4, -0.2) is 66.8 Å². The summed E-state index contributed by atoms with van der Waals surface area (Å²) in [5, 5.41) is 16.0. The van der Waals surface area contributed by atoms with Crippen LogP contribution in [0.25, 0.3) is 0 Å². The highest BCUT2D eigenvalue weighted by Crippen LogP contribution is 2.18. The lowest BCUT2D eigenvalue weighted by atomic mass is 10.2. The van der Waals surface area contributed by atoms with Gasteiger partial charge in [0.25, 0.3) is 0 Å². The number of urea groups is 1. The molecule has 10 heteroatoms. The number of thioether (sulfide) groups is 1. The number of amides is 2. The Labute approximate surface area is 115 Å². The summed E-state index contributed by atoms with van der Waals surface area (Å²) in [6.45, 7) is 0.366. The van der Waals surface area contributed by atoms with E-state index in [1.54, 1.807) is 11.8 Å². The van der Waals surface area contributed by atoms with Crippen molar-refractivity contribution in [1.82, 2.24) is 10.2 Å². The van der Waals surface area contributed by atoms with Crippen molar-refractivity contribution in [3.8, 4) is 0 Å². The topological polar surface area (TPSA) is 130 Å². The molecule has 1 unspecified atom stereocenters. The summed E-state index contributed by atoms with van der Waals surface area (Å²) in [5.74, 6) is -0.00621. The number of rotatable bonds is 5. The maximum absolute atomic E-state index is 11.9. The second kappa shape index (κ2) is 6.96. The average molecular weight is 311 g/mol. The van der Waals surface area contributed by atoms with E-state index >= 15 is 0 Å². The number of nitrogens with two attached hydrogens (primary N) is 1. The molecule has 0 saturated carbocycles. The standard InChI is InChI=1S/C9H17N3O5S2/c10-19(16,17)4-1-11-9(15)12-2-3-18-6-7(12)5-8(13)14/h7H,1-6H2,(H,11,15)(H,13,14)(H2,10,16,17). The lowest BCUT2D eigenvalue weighted by Crippen LogP contribution is -2.52. The minimum atomic E-state index is -3.61. The summed E-state index contributed by atoms with van der Waals surface area (Å²) < 4.78 is 21.5. The van der Waals surface area contributed by atoms with Gasteiger partial charge in [0.2, 0.25) is 10.0 Å². The molecular formula is C9H17N3O5S2. The fourth-order valence-electron chi connectivity index (χ4n) is 1.69. The molecule has 2 amide bonds. The van der Waals surface area contributed by atoms with Gasteiger partial charge in [0, 0.05) is 24.6 Å². The van der Waals surface area contributed by atoms with Crippen molar-refractivity contribution in [3.63, 3.8) is 0 Å². The van der Waals surface area contributed by atoms with Crippen LogP contribution in [0, 0.1) is 0 Å². The smallest absolute Gasteiger partial charge is 0.317 e. The summed E-state index contributed by atoms with van der Waals surface area (Å²) in [5.41, 5.74) is 0. The zero-order chi connectivity index (χ0) is 14.5. The molecule has 1 fully saturated rings. The molecule has 0 aromatic heterocycles. The van der Waals surface area contributed by atoms with Crippen molar-refractivity contribution >= 4 is 33.8 Å². The molecular weight excluding hydrogens is 294 g/mol. The lowest BCUT2D eigenvalue weighted by Gasteiger charge is -2.34. The molecule has 0 aromatic rings. The number of hydrogen-bond donors (Lipinski definition) is 3. The number of hydrogen-bond acceptors (Lipinski definition) is 5. The number of nitrogens with zero attached hydrogens (tertiary/aromatic N) is 1. The minimum absolute atomic E-state index is 0.0822. The van der Waals surface area contributed by atoms with Gasteiger partial charge in [-0.1, -0.05) is 0 Å². The number of carbonyl (C=O) groups excluding carboxylic acids is 1. The quantitative estimate of drug-likeness (QED) is 0.589. The summed E-state index contributed by atoms with van der Waals surface area (Å²) >= 11 is 1.59. The summed E-state index contributed by atoms with van der Waals surface area (Å²) in [6.07, 6.45) is -0.115. The monoisotopic (exact) mass is 311 g/mol. The highest BCUT2D eigenvalue weighted by molar-refractivity contribution is 7.99. The lowest BCUT2D eigenvalue weighted by molar-refractivity contribution is -0.137. The van der Waals surface area contributed by atoms with Crippen LogP contribution in [-0.2, 0) is 14.8 Å². The number of carboxylic acid groups (broad SMARTS) is 1. The number of carboxylic acids is 1. The van der Waals surface area contributed by atoms with E-state index in [9.17, 15) is 18.0 Å². The van der Waals surface area contributed by atoms with E-state index in [0.717, 1.165) is 5.75 Å². The number of aliphatic carboxylic acids is 1. The van der Waals surface area contributed by atoms with Crippen molar-refractivity contribution in [2.45, 2.75) is 12.5 Å². The van der Waals surface area contributed by atoms with E-state index in [0.29, 0.717) is 12.3 Å². The van der Waals surface area contributed by atoms with Crippen LogP contribution < -0.4 is 10.5 Å².